The van der Waals surface area contributed by atoms with Gasteiger partial charge in [0.1, 0.15) is 5.69 Å². The highest BCUT2D eigenvalue weighted by molar-refractivity contribution is 5.99. The lowest BCUT2D eigenvalue weighted by molar-refractivity contribution is -0.0440. The Balaban J connectivity index is 1.70. The van der Waals surface area contributed by atoms with Crippen LogP contribution in [0.4, 0.5) is 0 Å². The molecule has 3 aliphatic carbocycles. The number of nitrogens with one attached hydrogen (secondary N) is 1. The molecule has 0 atom stereocenters. The van der Waals surface area contributed by atoms with E-state index in [0.717, 1.165) is 36.1 Å². The number of nitrogens with zero attached hydrogens (tertiary/aromatic N) is 2. The maximum Gasteiger partial charge on any atom is 0.268 e. The Morgan fingerprint density at radius 1 is 1.40 bits per heavy atom. The highest BCUT2D eigenvalue weighted by Crippen LogP contribution is 2.57. The molecule has 0 radical (unpaired) electrons. The third-order valence-corrected chi connectivity index (χ3v) is 4.82. The van der Waals surface area contributed by atoms with E-state index in [2.05, 4.69) is 11.4 Å². The minimum atomic E-state index is 0.000331. The van der Waals surface area contributed by atoms with Crippen LogP contribution in [-0.2, 0) is 7.05 Å². The Morgan fingerprint density at radius 2 is 2.15 bits per heavy atom. The van der Waals surface area contributed by atoms with Crippen molar-refractivity contribution in [2.45, 2.75) is 24.8 Å². The summed E-state index contributed by atoms with van der Waals surface area (Å²) in [5, 5.41) is 13.1. The van der Waals surface area contributed by atoms with Gasteiger partial charge in [0.2, 0.25) is 0 Å². The summed E-state index contributed by atoms with van der Waals surface area (Å²) >= 11 is 0. The van der Waals surface area contributed by atoms with Gasteiger partial charge in [-0.15, -0.1) is 0 Å². The standard InChI is InChI=1S/C16H15N3O/c1-19-13-4-10(9-17)2-3-12(13)5-14(19)15(20)18-16-6-11(7-16)8-16/h2-5,11H,6-8H2,1H3,(H,18,20). The monoisotopic (exact) mass is 265 g/mol. The van der Waals surface area contributed by atoms with E-state index < -0.39 is 0 Å². The van der Waals surface area contributed by atoms with E-state index in [1.54, 1.807) is 6.07 Å². The molecule has 0 saturated heterocycles. The molecule has 2 bridgehead atoms. The molecule has 100 valence electrons. The Labute approximate surface area is 117 Å². The number of amides is 1. The number of benzene rings is 1. The first kappa shape index (κ1) is 11.5. The Hall–Kier alpha value is -2.28. The van der Waals surface area contributed by atoms with Gasteiger partial charge in [-0.2, -0.15) is 5.26 Å². The molecule has 4 nitrogen and oxygen atoms in total. The quantitative estimate of drug-likeness (QED) is 0.906. The van der Waals surface area contributed by atoms with Crippen molar-refractivity contribution >= 4 is 16.8 Å². The molecule has 3 saturated carbocycles. The Kier molecular flexibility index (Phi) is 2.10. The molecule has 1 aromatic carbocycles. The van der Waals surface area contributed by atoms with Crippen molar-refractivity contribution in [3.05, 3.63) is 35.5 Å². The largest absolute Gasteiger partial charge is 0.345 e. The average Bonchev–Trinajstić information content (AvgIpc) is 2.69. The maximum absolute atomic E-state index is 12.4. The first-order chi connectivity index (χ1) is 9.60. The molecule has 0 unspecified atom stereocenters. The van der Waals surface area contributed by atoms with Crippen LogP contribution >= 0.6 is 0 Å². The first-order valence-electron chi connectivity index (χ1n) is 6.92. The van der Waals surface area contributed by atoms with Crippen molar-refractivity contribution in [3.8, 4) is 6.07 Å². The lowest BCUT2D eigenvalue weighted by Gasteiger charge is -2.61. The summed E-state index contributed by atoms with van der Waals surface area (Å²) < 4.78 is 1.87. The summed E-state index contributed by atoms with van der Waals surface area (Å²) in [5.74, 6) is 0.848. The van der Waals surface area contributed by atoms with Crippen LogP contribution in [0.25, 0.3) is 10.9 Å². The van der Waals surface area contributed by atoms with E-state index in [1.165, 1.54) is 0 Å². The summed E-state index contributed by atoms with van der Waals surface area (Å²) in [6.07, 6.45) is 3.42. The minimum Gasteiger partial charge on any atom is -0.345 e. The van der Waals surface area contributed by atoms with E-state index in [-0.39, 0.29) is 11.4 Å². The van der Waals surface area contributed by atoms with Gasteiger partial charge in [-0.3, -0.25) is 4.79 Å². The number of aromatic nitrogens is 1. The molecule has 3 fully saturated rings. The van der Waals surface area contributed by atoms with Crippen LogP contribution in [0.5, 0.6) is 0 Å². The zero-order valence-corrected chi connectivity index (χ0v) is 11.3. The zero-order valence-electron chi connectivity index (χ0n) is 11.3. The Morgan fingerprint density at radius 3 is 2.75 bits per heavy atom. The van der Waals surface area contributed by atoms with Crippen LogP contribution in [0.15, 0.2) is 24.3 Å². The fourth-order valence-corrected chi connectivity index (χ4v) is 3.55. The number of carbonyl (C=O) groups excluding carboxylic acids is 1. The van der Waals surface area contributed by atoms with Gasteiger partial charge < -0.3 is 9.88 Å². The van der Waals surface area contributed by atoms with Crippen molar-refractivity contribution in [1.29, 1.82) is 5.26 Å². The highest BCUT2D eigenvalue weighted by Gasteiger charge is 2.57. The van der Waals surface area contributed by atoms with Crippen LogP contribution in [0.2, 0.25) is 0 Å². The number of hydrogen-bond donors (Lipinski definition) is 1. The summed E-state index contributed by atoms with van der Waals surface area (Å²) in [5.41, 5.74) is 2.30. The van der Waals surface area contributed by atoms with Crippen LogP contribution in [0.1, 0.15) is 35.3 Å². The molecule has 0 spiro atoms. The van der Waals surface area contributed by atoms with Gasteiger partial charge in [0.05, 0.1) is 11.6 Å². The molecule has 1 N–H and O–H groups in total. The molecule has 1 amide bonds. The molecule has 20 heavy (non-hydrogen) atoms. The fourth-order valence-electron chi connectivity index (χ4n) is 3.55. The zero-order chi connectivity index (χ0) is 13.9. The van der Waals surface area contributed by atoms with Crippen molar-refractivity contribution < 1.29 is 4.79 Å². The number of aryl methyl sites for hydroxylation is 1. The van der Waals surface area contributed by atoms with Crippen LogP contribution in [-0.4, -0.2) is 16.0 Å². The van der Waals surface area contributed by atoms with Crippen LogP contribution < -0.4 is 5.32 Å². The molecule has 5 rings (SSSR count). The summed E-state index contributed by atoms with van der Waals surface area (Å²) in [7, 11) is 1.88. The van der Waals surface area contributed by atoms with Gasteiger partial charge in [0.15, 0.2) is 0 Å². The van der Waals surface area contributed by atoms with Crippen molar-refractivity contribution in [2.24, 2.45) is 13.0 Å². The number of carbonyl (C=O) groups is 1. The minimum absolute atomic E-state index is 0.000331. The van der Waals surface area contributed by atoms with Crippen molar-refractivity contribution in [1.82, 2.24) is 9.88 Å². The normalized spacial score (nSPS) is 26.5. The molecule has 4 heteroatoms. The molecule has 3 aliphatic rings. The van der Waals surface area contributed by atoms with Gasteiger partial charge in [0, 0.05) is 23.5 Å². The van der Waals surface area contributed by atoms with E-state index in [4.69, 9.17) is 5.26 Å². The number of rotatable bonds is 2. The summed E-state index contributed by atoms with van der Waals surface area (Å²) in [6, 6.07) is 9.54. The van der Waals surface area contributed by atoms with Gasteiger partial charge >= 0.3 is 0 Å². The van der Waals surface area contributed by atoms with Gasteiger partial charge in [-0.25, -0.2) is 0 Å². The van der Waals surface area contributed by atoms with Crippen molar-refractivity contribution in [2.75, 3.05) is 0 Å². The lowest BCUT2D eigenvalue weighted by atomic mass is 9.50. The van der Waals surface area contributed by atoms with Crippen LogP contribution in [0, 0.1) is 17.2 Å². The van der Waals surface area contributed by atoms with E-state index in [0.29, 0.717) is 11.3 Å². The highest BCUT2D eigenvalue weighted by atomic mass is 16.2. The maximum atomic E-state index is 12.4. The average molecular weight is 265 g/mol. The summed E-state index contributed by atoms with van der Waals surface area (Å²) in [4.78, 5) is 12.4. The molecular formula is C16H15N3O. The fraction of sp³-hybridized carbons (Fsp3) is 0.375. The third kappa shape index (κ3) is 1.44. The first-order valence-corrected chi connectivity index (χ1v) is 6.92. The smallest absolute Gasteiger partial charge is 0.268 e. The predicted octanol–water partition coefficient (Wildman–Crippen LogP) is 2.33. The number of hydrogen-bond acceptors (Lipinski definition) is 2. The Bertz CT molecular complexity index is 764. The summed E-state index contributed by atoms with van der Waals surface area (Å²) in [6.45, 7) is 0. The van der Waals surface area contributed by atoms with Crippen LogP contribution in [0.3, 0.4) is 0 Å². The predicted molar refractivity (Wildman–Crippen MR) is 75.2 cm³/mol. The second kappa shape index (κ2) is 3.63. The second-order valence-corrected chi connectivity index (χ2v) is 6.19. The number of fused-ring (bicyclic) bond motifs is 1. The topological polar surface area (TPSA) is 57.8 Å². The van der Waals surface area contributed by atoms with Crippen molar-refractivity contribution in [3.63, 3.8) is 0 Å². The van der Waals surface area contributed by atoms with Gasteiger partial charge in [-0.1, -0.05) is 6.07 Å². The lowest BCUT2D eigenvalue weighted by Crippen LogP contribution is -2.68. The van der Waals surface area contributed by atoms with E-state index in [9.17, 15) is 4.79 Å². The number of nitriles is 1. The van der Waals surface area contributed by atoms with E-state index in [1.807, 2.05) is 29.8 Å². The SMILES string of the molecule is Cn1c(C(=O)NC23CC(C2)C3)cc2ccc(C#N)cc21. The molecule has 0 aliphatic heterocycles. The molecule has 1 aromatic heterocycles. The van der Waals surface area contributed by atoms with E-state index >= 15 is 0 Å². The van der Waals surface area contributed by atoms with Gasteiger partial charge in [0.25, 0.3) is 5.91 Å². The van der Waals surface area contributed by atoms with Gasteiger partial charge in [-0.05, 0) is 43.4 Å². The molecule has 1 heterocycles. The molecular weight excluding hydrogens is 250 g/mol. The second-order valence-electron chi connectivity index (χ2n) is 6.19. The molecule has 2 aromatic rings. The third-order valence-electron chi connectivity index (χ3n) is 4.82.